The molecule has 0 spiro atoms. The lowest BCUT2D eigenvalue weighted by Crippen LogP contribution is -2.40. The summed E-state index contributed by atoms with van der Waals surface area (Å²) < 4.78 is 52.2. The predicted molar refractivity (Wildman–Crippen MR) is 135 cm³/mol. The molecule has 0 atom stereocenters. The van der Waals surface area contributed by atoms with Gasteiger partial charge in [0.25, 0.3) is 5.91 Å². The largest absolute Gasteiger partial charge is 0.462 e. The zero-order valence-electron chi connectivity index (χ0n) is 19.1. The van der Waals surface area contributed by atoms with Crippen molar-refractivity contribution >= 4 is 49.8 Å². The number of esters is 1. The Kier molecular flexibility index (Phi) is 8.06. The summed E-state index contributed by atoms with van der Waals surface area (Å²) in [4.78, 5) is 25.6. The molecule has 4 rings (SSSR count). The van der Waals surface area contributed by atoms with Gasteiger partial charge in [0.2, 0.25) is 10.0 Å². The Hall–Kier alpha value is -2.83. The van der Waals surface area contributed by atoms with Crippen LogP contribution in [-0.2, 0) is 19.5 Å². The van der Waals surface area contributed by atoms with Crippen LogP contribution in [0.3, 0.4) is 0 Å². The van der Waals surface area contributed by atoms with Crippen LogP contribution in [0.15, 0.2) is 52.7 Å². The van der Waals surface area contributed by atoms with Crippen molar-refractivity contribution in [1.82, 2.24) is 4.31 Å². The van der Waals surface area contributed by atoms with Crippen molar-refractivity contribution in [2.45, 2.75) is 11.8 Å². The van der Waals surface area contributed by atoms with E-state index in [0.29, 0.717) is 16.1 Å². The summed E-state index contributed by atoms with van der Waals surface area (Å²) in [5.41, 5.74) is 0.814. The van der Waals surface area contributed by atoms with Crippen LogP contribution in [0.2, 0.25) is 5.02 Å². The molecule has 1 N–H and O–H groups in total. The molecule has 1 aliphatic heterocycles. The molecule has 0 unspecified atom stereocenters. The van der Waals surface area contributed by atoms with E-state index in [1.807, 2.05) is 0 Å². The van der Waals surface area contributed by atoms with E-state index >= 15 is 0 Å². The first-order chi connectivity index (χ1) is 17.2. The molecule has 0 bridgehead atoms. The maximum atomic E-state index is 14.7. The number of benzene rings is 2. The van der Waals surface area contributed by atoms with E-state index in [0.717, 1.165) is 29.5 Å². The summed E-state index contributed by atoms with van der Waals surface area (Å²) >= 11 is 7.03. The minimum Gasteiger partial charge on any atom is -0.462 e. The predicted octanol–water partition coefficient (Wildman–Crippen LogP) is 4.66. The number of nitrogens with one attached hydrogen (secondary N) is 1. The van der Waals surface area contributed by atoms with E-state index in [1.54, 1.807) is 36.6 Å². The van der Waals surface area contributed by atoms with Crippen molar-refractivity contribution in [3.8, 4) is 11.1 Å². The number of thiophene rings is 1. The minimum atomic E-state index is -3.95. The van der Waals surface area contributed by atoms with E-state index in [9.17, 15) is 22.4 Å². The van der Waals surface area contributed by atoms with Gasteiger partial charge in [0, 0.05) is 29.1 Å². The van der Waals surface area contributed by atoms with E-state index in [2.05, 4.69) is 5.32 Å². The molecule has 1 aromatic heterocycles. The van der Waals surface area contributed by atoms with Crippen LogP contribution in [0.25, 0.3) is 11.1 Å². The fourth-order valence-corrected chi connectivity index (χ4v) is 6.16. The smallest absolute Gasteiger partial charge is 0.341 e. The number of nitrogens with zero attached hydrogens (tertiary/aromatic N) is 1. The van der Waals surface area contributed by atoms with Gasteiger partial charge in [-0.05, 0) is 42.8 Å². The number of hydrogen-bond acceptors (Lipinski definition) is 7. The lowest BCUT2D eigenvalue weighted by molar-refractivity contribution is 0.0529. The van der Waals surface area contributed by atoms with Crippen LogP contribution >= 0.6 is 22.9 Å². The third-order valence-electron chi connectivity index (χ3n) is 5.44. The molecule has 2 heterocycles. The summed E-state index contributed by atoms with van der Waals surface area (Å²) in [6.45, 7) is 2.58. The normalized spacial score (nSPS) is 14.4. The molecule has 12 heteroatoms. The number of carbonyl (C=O) groups excluding carboxylic acids is 2. The van der Waals surface area contributed by atoms with Gasteiger partial charge in [0.05, 0.1) is 30.3 Å². The van der Waals surface area contributed by atoms with Crippen molar-refractivity contribution in [3.05, 3.63) is 69.8 Å². The summed E-state index contributed by atoms with van der Waals surface area (Å²) in [7, 11) is -3.95. The monoisotopic (exact) mass is 552 g/mol. The topological polar surface area (TPSA) is 102 Å². The first kappa shape index (κ1) is 26.2. The Morgan fingerprint density at radius 3 is 2.53 bits per heavy atom. The number of sulfonamides is 1. The number of amides is 1. The molecule has 0 aliphatic carbocycles. The van der Waals surface area contributed by atoms with Gasteiger partial charge in [-0.1, -0.05) is 23.7 Å². The quantitative estimate of drug-likeness (QED) is 0.428. The number of rotatable bonds is 7. The van der Waals surface area contributed by atoms with E-state index in [1.165, 1.54) is 4.31 Å². The maximum Gasteiger partial charge on any atom is 0.341 e. The Labute approximate surface area is 216 Å². The molecular formula is C24H22ClFN2O6S2. The number of morpholine rings is 1. The average Bonchev–Trinajstić information content (AvgIpc) is 3.28. The van der Waals surface area contributed by atoms with Gasteiger partial charge in [0.1, 0.15) is 16.4 Å². The highest BCUT2D eigenvalue weighted by atomic mass is 35.5. The van der Waals surface area contributed by atoms with E-state index in [4.69, 9.17) is 21.1 Å². The number of anilines is 1. The molecule has 1 aliphatic rings. The van der Waals surface area contributed by atoms with Crippen molar-refractivity contribution in [1.29, 1.82) is 0 Å². The third-order valence-corrected chi connectivity index (χ3v) is 8.49. The van der Waals surface area contributed by atoms with Crippen LogP contribution in [0.4, 0.5) is 9.39 Å². The Balaban J connectivity index is 1.67. The molecule has 3 aromatic rings. The second kappa shape index (κ2) is 11.1. The van der Waals surface area contributed by atoms with Crippen molar-refractivity contribution in [2.75, 3.05) is 38.2 Å². The van der Waals surface area contributed by atoms with E-state index in [-0.39, 0.29) is 48.4 Å². The average molecular weight is 553 g/mol. The van der Waals surface area contributed by atoms with Gasteiger partial charge in [0.15, 0.2) is 0 Å². The van der Waals surface area contributed by atoms with Gasteiger partial charge in [-0.25, -0.2) is 17.6 Å². The molecule has 36 heavy (non-hydrogen) atoms. The highest BCUT2D eigenvalue weighted by molar-refractivity contribution is 7.89. The summed E-state index contributed by atoms with van der Waals surface area (Å²) in [6, 6.07) is 9.81. The molecule has 1 fully saturated rings. The fraction of sp³-hybridized carbons (Fsp3) is 0.250. The Bertz CT molecular complexity index is 1390. The van der Waals surface area contributed by atoms with Crippen LogP contribution in [0.1, 0.15) is 27.6 Å². The number of hydrogen-bond donors (Lipinski definition) is 1. The molecule has 1 amide bonds. The van der Waals surface area contributed by atoms with Crippen LogP contribution < -0.4 is 5.32 Å². The van der Waals surface area contributed by atoms with Crippen LogP contribution in [-0.4, -0.2) is 57.5 Å². The van der Waals surface area contributed by atoms with Gasteiger partial charge in [-0.3, -0.25) is 4.79 Å². The number of halogens is 2. The summed E-state index contributed by atoms with van der Waals surface area (Å²) in [5.74, 6) is -2.47. The standard InChI is InChI=1S/C24H22ClFN2O6S2/c1-2-34-24(30)21-19(15-3-5-16(25)6-4-15)14-35-23(21)27-22(29)18-13-17(7-8-20(18)26)36(31,32)28-9-11-33-12-10-28/h3-8,13-14H,2,9-12H2,1H3,(H,27,29). The zero-order chi connectivity index (χ0) is 25.9. The van der Waals surface area contributed by atoms with Crippen LogP contribution in [0.5, 0.6) is 0 Å². The summed E-state index contributed by atoms with van der Waals surface area (Å²) in [5, 5.41) is 4.88. The maximum absolute atomic E-state index is 14.7. The zero-order valence-corrected chi connectivity index (χ0v) is 21.5. The molecule has 0 saturated carbocycles. The molecule has 190 valence electrons. The van der Waals surface area contributed by atoms with Crippen molar-refractivity contribution < 1.29 is 31.9 Å². The van der Waals surface area contributed by atoms with Crippen LogP contribution in [0, 0.1) is 5.82 Å². The van der Waals surface area contributed by atoms with E-state index < -0.39 is 33.3 Å². The molecular weight excluding hydrogens is 531 g/mol. The summed E-state index contributed by atoms with van der Waals surface area (Å²) in [6.07, 6.45) is 0. The highest BCUT2D eigenvalue weighted by Gasteiger charge is 2.29. The molecule has 8 nitrogen and oxygen atoms in total. The third kappa shape index (κ3) is 5.45. The Morgan fingerprint density at radius 2 is 1.86 bits per heavy atom. The molecule has 2 aromatic carbocycles. The van der Waals surface area contributed by atoms with Gasteiger partial charge < -0.3 is 14.8 Å². The van der Waals surface area contributed by atoms with Crippen molar-refractivity contribution in [2.24, 2.45) is 0 Å². The van der Waals surface area contributed by atoms with Gasteiger partial charge in [-0.15, -0.1) is 11.3 Å². The minimum absolute atomic E-state index is 0.107. The highest BCUT2D eigenvalue weighted by Crippen LogP contribution is 2.37. The lowest BCUT2D eigenvalue weighted by Gasteiger charge is -2.26. The van der Waals surface area contributed by atoms with Gasteiger partial charge >= 0.3 is 5.97 Å². The molecule has 1 saturated heterocycles. The first-order valence-corrected chi connectivity index (χ1v) is 13.7. The van der Waals surface area contributed by atoms with Gasteiger partial charge in [-0.2, -0.15) is 4.31 Å². The fourth-order valence-electron chi connectivity index (χ4n) is 3.64. The molecule has 0 radical (unpaired) electrons. The SMILES string of the molecule is CCOC(=O)c1c(-c2ccc(Cl)cc2)csc1NC(=O)c1cc(S(=O)(=O)N2CCOCC2)ccc1F. The lowest BCUT2D eigenvalue weighted by atomic mass is 10.0. The Morgan fingerprint density at radius 1 is 1.17 bits per heavy atom. The number of ether oxygens (including phenoxy) is 2. The second-order valence-corrected chi connectivity index (χ2v) is 10.9. The first-order valence-electron chi connectivity index (χ1n) is 11.0. The number of carbonyl (C=O) groups is 2. The van der Waals surface area contributed by atoms with Crippen molar-refractivity contribution in [3.63, 3.8) is 0 Å². The second-order valence-electron chi connectivity index (χ2n) is 7.69.